The Bertz CT molecular complexity index is 710. The molecule has 1 aliphatic rings. The maximum absolute atomic E-state index is 12.6. The molecule has 112 valence electrons. The number of carbonyl (C=O) groups is 1. The number of likely N-dealkylation sites (N-methyl/N-ethyl adjacent to an activating group) is 1. The number of aromatic nitrogens is 1. The molecule has 1 aliphatic carbocycles. The van der Waals surface area contributed by atoms with Crippen molar-refractivity contribution in [1.29, 1.82) is 0 Å². The minimum atomic E-state index is -0.549. The molecule has 5 nitrogen and oxygen atoms in total. The summed E-state index contributed by atoms with van der Waals surface area (Å²) in [6.07, 6.45) is 4.45. The standard InChI is InChI=1S/C16H20N2O3/c1-11(15(19)17(2)12-7-3-4-8-12)18-13-9-5-6-10-14(13)21-16(18)20/h5-6,9-12H,3-4,7-8H2,1-2H3/t11-/m1/s1. The topological polar surface area (TPSA) is 55.5 Å². The highest BCUT2D eigenvalue weighted by Gasteiger charge is 2.29. The van der Waals surface area contributed by atoms with Gasteiger partial charge in [-0.3, -0.25) is 9.36 Å². The van der Waals surface area contributed by atoms with Gasteiger partial charge in [0, 0.05) is 13.1 Å². The second kappa shape index (κ2) is 5.39. The molecule has 3 rings (SSSR count). The van der Waals surface area contributed by atoms with Crippen LogP contribution in [0.25, 0.3) is 11.1 Å². The molecule has 0 radical (unpaired) electrons. The highest BCUT2D eigenvalue weighted by Crippen LogP contribution is 2.25. The smallest absolute Gasteiger partial charge is 0.408 e. The number of carbonyl (C=O) groups excluding carboxylic acids is 1. The van der Waals surface area contributed by atoms with E-state index in [2.05, 4.69) is 0 Å². The molecular formula is C16H20N2O3. The lowest BCUT2D eigenvalue weighted by atomic mass is 10.2. The second-order valence-electron chi connectivity index (χ2n) is 5.77. The molecule has 5 heteroatoms. The Morgan fingerprint density at radius 2 is 2.00 bits per heavy atom. The number of para-hydroxylation sites is 2. The summed E-state index contributed by atoms with van der Waals surface area (Å²) in [6, 6.07) is 6.95. The van der Waals surface area contributed by atoms with Crippen LogP contribution in [0.4, 0.5) is 0 Å². The molecule has 0 unspecified atom stereocenters. The zero-order chi connectivity index (χ0) is 15.0. The van der Waals surface area contributed by atoms with E-state index >= 15 is 0 Å². The van der Waals surface area contributed by atoms with Gasteiger partial charge >= 0.3 is 5.76 Å². The fourth-order valence-electron chi connectivity index (χ4n) is 3.23. The molecule has 1 fully saturated rings. The number of fused-ring (bicyclic) bond motifs is 1. The van der Waals surface area contributed by atoms with E-state index in [0.717, 1.165) is 12.8 Å². The molecule has 21 heavy (non-hydrogen) atoms. The summed E-state index contributed by atoms with van der Waals surface area (Å²) in [7, 11) is 1.84. The molecule has 0 aliphatic heterocycles. The van der Waals surface area contributed by atoms with Crippen molar-refractivity contribution < 1.29 is 9.21 Å². The predicted octanol–water partition coefficient (Wildman–Crippen LogP) is 2.56. The fraction of sp³-hybridized carbons (Fsp3) is 0.500. The van der Waals surface area contributed by atoms with Crippen molar-refractivity contribution >= 4 is 17.0 Å². The summed E-state index contributed by atoms with van der Waals surface area (Å²) in [5, 5.41) is 0. The number of benzene rings is 1. The van der Waals surface area contributed by atoms with Crippen molar-refractivity contribution in [2.24, 2.45) is 0 Å². The number of amides is 1. The van der Waals surface area contributed by atoms with E-state index in [0.29, 0.717) is 17.1 Å². The first kappa shape index (κ1) is 13.9. The van der Waals surface area contributed by atoms with E-state index in [9.17, 15) is 9.59 Å². The van der Waals surface area contributed by atoms with Crippen LogP contribution in [0.15, 0.2) is 33.5 Å². The van der Waals surface area contributed by atoms with Crippen LogP contribution in [-0.4, -0.2) is 28.5 Å². The van der Waals surface area contributed by atoms with Crippen LogP contribution < -0.4 is 5.76 Å². The molecule has 1 aromatic heterocycles. The van der Waals surface area contributed by atoms with Gasteiger partial charge in [-0.25, -0.2) is 4.79 Å². The molecule has 1 heterocycles. The Kier molecular flexibility index (Phi) is 3.57. The Balaban J connectivity index is 1.92. The first-order chi connectivity index (χ1) is 10.1. The van der Waals surface area contributed by atoms with E-state index in [4.69, 9.17) is 4.42 Å². The molecule has 1 amide bonds. The molecule has 0 N–H and O–H groups in total. The van der Waals surface area contributed by atoms with Crippen LogP contribution >= 0.6 is 0 Å². The zero-order valence-corrected chi connectivity index (χ0v) is 12.4. The van der Waals surface area contributed by atoms with E-state index in [1.54, 1.807) is 24.0 Å². The van der Waals surface area contributed by atoms with Crippen LogP contribution in [0.2, 0.25) is 0 Å². The van der Waals surface area contributed by atoms with Gasteiger partial charge in [0.25, 0.3) is 0 Å². The number of nitrogens with zero attached hydrogens (tertiary/aromatic N) is 2. The van der Waals surface area contributed by atoms with Crippen molar-refractivity contribution in [2.75, 3.05) is 7.05 Å². The van der Waals surface area contributed by atoms with Gasteiger partial charge in [-0.2, -0.15) is 0 Å². The summed E-state index contributed by atoms with van der Waals surface area (Å²) in [5.41, 5.74) is 1.19. The lowest BCUT2D eigenvalue weighted by molar-refractivity contribution is -0.135. The van der Waals surface area contributed by atoms with Crippen molar-refractivity contribution in [2.45, 2.75) is 44.7 Å². The first-order valence-corrected chi connectivity index (χ1v) is 7.46. The van der Waals surface area contributed by atoms with Crippen LogP contribution in [0.1, 0.15) is 38.6 Å². The summed E-state index contributed by atoms with van der Waals surface area (Å²) < 4.78 is 6.66. The average Bonchev–Trinajstić information content (AvgIpc) is 3.11. The quantitative estimate of drug-likeness (QED) is 0.872. The van der Waals surface area contributed by atoms with Gasteiger partial charge in [0.05, 0.1) is 5.52 Å². The maximum atomic E-state index is 12.6. The number of oxazole rings is 1. The molecule has 1 atom stereocenters. The third-order valence-corrected chi connectivity index (χ3v) is 4.48. The predicted molar refractivity (Wildman–Crippen MR) is 80.2 cm³/mol. The Morgan fingerprint density at radius 1 is 1.33 bits per heavy atom. The van der Waals surface area contributed by atoms with Gasteiger partial charge in [0.1, 0.15) is 6.04 Å². The molecule has 0 saturated heterocycles. The van der Waals surface area contributed by atoms with Gasteiger partial charge in [0.2, 0.25) is 5.91 Å². The normalized spacial score (nSPS) is 17.2. The monoisotopic (exact) mass is 288 g/mol. The van der Waals surface area contributed by atoms with Crippen molar-refractivity contribution in [3.8, 4) is 0 Å². The Hall–Kier alpha value is -2.04. The number of hydrogen-bond donors (Lipinski definition) is 0. The lowest BCUT2D eigenvalue weighted by Gasteiger charge is -2.27. The van der Waals surface area contributed by atoms with Gasteiger partial charge < -0.3 is 9.32 Å². The highest BCUT2D eigenvalue weighted by molar-refractivity contribution is 5.83. The first-order valence-electron chi connectivity index (χ1n) is 7.46. The van der Waals surface area contributed by atoms with E-state index < -0.39 is 11.8 Å². The third-order valence-electron chi connectivity index (χ3n) is 4.48. The largest absolute Gasteiger partial charge is 0.420 e. The van der Waals surface area contributed by atoms with E-state index in [1.165, 1.54) is 17.4 Å². The Morgan fingerprint density at radius 3 is 2.71 bits per heavy atom. The Labute approximate surface area is 123 Å². The van der Waals surface area contributed by atoms with E-state index in [-0.39, 0.29) is 5.91 Å². The van der Waals surface area contributed by atoms with Crippen LogP contribution in [0.5, 0.6) is 0 Å². The van der Waals surface area contributed by atoms with Gasteiger partial charge in [-0.05, 0) is 31.9 Å². The fourth-order valence-corrected chi connectivity index (χ4v) is 3.23. The minimum Gasteiger partial charge on any atom is -0.408 e. The van der Waals surface area contributed by atoms with Gasteiger partial charge in [-0.15, -0.1) is 0 Å². The summed E-state index contributed by atoms with van der Waals surface area (Å²) >= 11 is 0. The number of rotatable bonds is 3. The van der Waals surface area contributed by atoms with Crippen LogP contribution in [-0.2, 0) is 4.79 Å². The van der Waals surface area contributed by atoms with Crippen molar-refractivity contribution in [3.05, 3.63) is 34.8 Å². The SMILES string of the molecule is C[C@H](C(=O)N(C)C1CCCC1)n1c(=O)oc2ccccc21. The lowest BCUT2D eigenvalue weighted by Crippen LogP contribution is -2.40. The third kappa shape index (κ3) is 2.37. The summed E-state index contributed by atoms with van der Waals surface area (Å²) in [5.74, 6) is -0.507. The van der Waals surface area contributed by atoms with Gasteiger partial charge in [0.15, 0.2) is 5.58 Å². The molecule has 1 aromatic carbocycles. The van der Waals surface area contributed by atoms with Crippen LogP contribution in [0, 0.1) is 0 Å². The summed E-state index contributed by atoms with van der Waals surface area (Å²) in [4.78, 5) is 26.5. The summed E-state index contributed by atoms with van der Waals surface area (Å²) in [6.45, 7) is 1.76. The van der Waals surface area contributed by atoms with Gasteiger partial charge in [-0.1, -0.05) is 25.0 Å². The maximum Gasteiger partial charge on any atom is 0.420 e. The van der Waals surface area contributed by atoms with E-state index in [1.807, 2.05) is 19.2 Å². The molecule has 2 aromatic rings. The minimum absolute atomic E-state index is 0.0319. The zero-order valence-electron chi connectivity index (χ0n) is 12.4. The molecule has 1 saturated carbocycles. The van der Waals surface area contributed by atoms with Crippen LogP contribution in [0.3, 0.4) is 0 Å². The number of hydrogen-bond acceptors (Lipinski definition) is 3. The highest BCUT2D eigenvalue weighted by atomic mass is 16.4. The second-order valence-corrected chi connectivity index (χ2v) is 5.77. The molecule has 0 spiro atoms. The molecular weight excluding hydrogens is 268 g/mol. The van der Waals surface area contributed by atoms with Crippen molar-refractivity contribution in [1.82, 2.24) is 9.47 Å². The molecule has 0 bridgehead atoms. The average molecular weight is 288 g/mol. The van der Waals surface area contributed by atoms with Crippen molar-refractivity contribution in [3.63, 3.8) is 0 Å².